The molecule has 0 radical (unpaired) electrons. The van der Waals surface area contributed by atoms with E-state index in [9.17, 15) is 4.79 Å². The molecule has 5 nitrogen and oxygen atoms in total. The number of carbonyl (C=O) groups excluding carboxylic acids is 1. The number of nitrogens with one attached hydrogen (secondary N) is 1. The highest BCUT2D eigenvalue weighted by molar-refractivity contribution is 5.93. The smallest absolute Gasteiger partial charge is 0.228 e. The Balaban J connectivity index is 1.59. The van der Waals surface area contributed by atoms with Gasteiger partial charge in [0.2, 0.25) is 5.91 Å². The zero-order chi connectivity index (χ0) is 19.1. The molecule has 5 heteroatoms. The lowest BCUT2D eigenvalue weighted by Gasteiger charge is -2.31. The molecule has 1 amide bonds. The summed E-state index contributed by atoms with van der Waals surface area (Å²) in [7, 11) is 1.66. The first kappa shape index (κ1) is 19.4. The summed E-state index contributed by atoms with van der Waals surface area (Å²) in [5.41, 5.74) is 2.98. The van der Waals surface area contributed by atoms with Crippen molar-refractivity contribution < 1.29 is 14.6 Å². The van der Waals surface area contributed by atoms with Crippen molar-refractivity contribution in [2.24, 2.45) is 5.92 Å². The second-order valence-electron chi connectivity index (χ2n) is 7.02. The van der Waals surface area contributed by atoms with Gasteiger partial charge in [0.25, 0.3) is 0 Å². The number of hydrogen-bond acceptors (Lipinski definition) is 4. The fourth-order valence-electron chi connectivity index (χ4n) is 3.56. The summed E-state index contributed by atoms with van der Waals surface area (Å²) in [6, 6.07) is 15.8. The largest absolute Gasteiger partial charge is 0.497 e. The topological polar surface area (TPSA) is 61.8 Å². The van der Waals surface area contributed by atoms with Gasteiger partial charge < -0.3 is 20.1 Å². The summed E-state index contributed by atoms with van der Waals surface area (Å²) in [5, 5.41) is 12.0. The van der Waals surface area contributed by atoms with Crippen molar-refractivity contribution in [2.45, 2.75) is 19.3 Å². The first-order chi connectivity index (χ1) is 13.2. The van der Waals surface area contributed by atoms with Crippen LogP contribution in [0.2, 0.25) is 0 Å². The number of likely N-dealkylation sites (tertiary alicyclic amines) is 1. The van der Waals surface area contributed by atoms with Gasteiger partial charge in [0.1, 0.15) is 5.75 Å². The van der Waals surface area contributed by atoms with E-state index in [1.54, 1.807) is 7.11 Å². The van der Waals surface area contributed by atoms with Crippen LogP contribution in [0.25, 0.3) is 11.1 Å². The Morgan fingerprint density at radius 1 is 1.22 bits per heavy atom. The van der Waals surface area contributed by atoms with Crippen LogP contribution >= 0.6 is 0 Å². The van der Waals surface area contributed by atoms with Crippen molar-refractivity contribution in [3.05, 3.63) is 48.5 Å². The molecular formula is C22H28N2O3. The Hall–Kier alpha value is -2.37. The van der Waals surface area contributed by atoms with Gasteiger partial charge in [0.05, 0.1) is 13.0 Å². The third-order valence-corrected chi connectivity index (χ3v) is 5.06. The van der Waals surface area contributed by atoms with E-state index in [0.29, 0.717) is 0 Å². The molecular weight excluding hydrogens is 340 g/mol. The van der Waals surface area contributed by atoms with Crippen LogP contribution in [-0.4, -0.2) is 49.3 Å². The van der Waals surface area contributed by atoms with Crippen molar-refractivity contribution in [3.8, 4) is 16.9 Å². The Bertz CT molecular complexity index is 745. The van der Waals surface area contributed by atoms with Crippen molar-refractivity contribution in [3.63, 3.8) is 0 Å². The number of anilines is 1. The van der Waals surface area contributed by atoms with Gasteiger partial charge in [0.15, 0.2) is 0 Å². The lowest BCUT2D eigenvalue weighted by atomic mass is 9.96. The average Bonchev–Trinajstić information content (AvgIpc) is 2.73. The summed E-state index contributed by atoms with van der Waals surface area (Å²) in [4.78, 5) is 14.9. The minimum absolute atomic E-state index is 0.00973. The number of benzene rings is 2. The summed E-state index contributed by atoms with van der Waals surface area (Å²) < 4.78 is 5.28. The highest BCUT2D eigenvalue weighted by Crippen LogP contribution is 2.25. The molecule has 2 aromatic carbocycles. The monoisotopic (exact) mass is 368 g/mol. The maximum absolute atomic E-state index is 12.6. The number of nitrogens with zero attached hydrogens (tertiary/aromatic N) is 1. The predicted molar refractivity (Wildman–Crippen MR) is 108 cm³/mol. The van der Waals surface area contributed by atoms with E-state index in [0.717, 1.165) is 61.5 Å². The van der Waals surface area contributed by atoms with Gasteiger partial charge in [-0.2, -0.15) is 0 Å². The number of hydrogen-bond donors (Lipinski definition) is 2. The van der Waals surface area contributed by atoms with Crippen molar-refractivity contribution in [1.29, 1.82) is 0 Å². The van der Waals surface area contributed by atoms with Gasteiger partial charge in [-0.1, -0.05) is 24.3 Å². The number of aliphatic hydroxyl groups is 1. The molecule has 144 valence electrons. The first-order valence-corrected chi connectivity index (χ1v) is 9.58. The van der Waals surface area contributed by atoms with Crippen LogP contribution in [-0.2, 0) is 4.79 Å². The highest BCUT2D eigenvalue weighted by Gasteiger charge is 2.25. The van der Waals surface area contributed by atoms with Gasteiger partial charge in [-0.05, 0) is 61.2 Å². The SMILES string of the molecule is COc1cccc(-c2ccc(NC(=O)[C@@H]3CCCN(CCCO)C3)cc2)c1. The van der Waals surface area contributed by atoms with E-state index in [1.807, 2.05) is 48.5 Å². The molecule has 0 aromatic heterocycles. The maximum Gasteiger partial charge on any atom is 0.228 e. The van der Waals surface area contributed by atoms with Gasteiger partial charge in [0, 0.05) is 25.4 Å². The van der Waals surface area contributed by atoms with Crippen LogP contribution in [0.5, 0.6) is 5.75 Å². The molecule has 1 heterocycles. The molecule has 0 aliphatic carbocycles. The summed E-state index contributed by atoms with van der Waals surface area (Å²) >= 11 is 0. The second-order valence-corrected chi connectivity index (χ2v) is 7.02. The third-order valence-electron chi connectivity index (χ3n) is 5.06. The number of amides is 1. The Morgan fingerprint density at radius 2 is 2.04 bits per heavy atom. The van der Waals surface area contributed by atoms with E-state index in [-0.39, 0.29) is 18.4 Å². The van der Waals surface area contributed by atoms with Crippen molar-refractivity contribution in [1.82, 2.24) is 4.90 Å². The molecule has 1 atom stereocenters. The van der Waals surface area contributed by atoms with E-state index in [4.69, 9.17) is 9.84 Å². The summed E-state index contributed by atoms with van der Waals surface area (Å²) in [6.07, 6.45) is 2.71. The quantitative estimate of drug-likeness (QED) is 0.786. The van der Waals surface area contributed by atoms with Crippen LogP contribution in [0.1, 0.15) is 19.3 Å². The molecule has 1 aliphatic rings. The summed E-state index contributed by atoms with van der Waals surface area (Å²) in [6.45, 7) is 2.84. The average molecular weight is 368 g/mol. The summed E-state index contributed by atoms with van der Waals surface area (Å²) in [5.74, 6) is 0.918. The Morgan fingerprint density at radius 3 is 2.78 bits per heavy atom. The van der Waals surface area contributed by atoms with Gasteiger partial charge >= 0.3 is 0 Å². The standard InChI is InChI=1S/C22H28N2O3/c1-27-21-7-2-5-18(15-21)17-8-10-20(11-9-17)23-22(26)19-6-3-12-24(16-19)13-4-14-25/h2,5,7-11,15,19,25H,3-4,6,12-14,16H2,1H3,(H,23,26)/t19-/m1/s1. The molecule has 1 aliphatic heterocycles. The van der Waals surface area contributed by atoms with Gasteiger partial charge in [-0.3, -0.25) is 4.79 Å². The zero-order valence-corrected chi connectivity index (χ0v) is 15.9. The fourth-order valence-corrected chi connectivity index (χ4v) is 3.56. The molecule has 3 rings (SSSR count). The zero-order valence-electron chi connectivity index (χ0n) is 15.9. The Labute approximate surface area is 161 Å². The van der Waals surface area contributed by atoms with Crippen LogP contribution in [0.3, 0.4) is 0 Å². The highest BCUT2D eigenvalue weighted by atomic mass is 16.5. The molecule has 2 N–H and O–H groups in total. The molecule has 0 spiro atoms. The number of methoxy groups -OCH3 is 1. The molecule has 0 saturated carbocycles. The predicted octanol–water partition coefficient (Wildman–Crippen LogP) is 3.40. The van der Waals surface area contributed by atoms with Crippen molar-refractivity contribution in [2.75, 3.05) is 38.7 Å². The first-order valence-electron chi connectivity index (χ1n) is 9.58. The minimum atomic E-state index is 0.00973. The van der Waals surface area contributed by atoms with Gasteiger partial charge in [-0.15, -0.1) is 0 Å². The number of aliphatic hydroxyl groups excluding tert-OH is 1. The van der Waals surface area contributed by atoms with Gasteiger partial charge in [-0.25, -0.2) is 0 Å². The molecule has 1 saturated heterocycles. The molecule has 1 fully saturated rings. The van der Waals surface area contributed by atoms with Crippen LogP contribution in [0.15, 0.2) is 48.5 Å². The van der Waals surface area contributed by atoms with Crippen LogP contribution in [0.4, 0.5) is 5.69 Å². The molecule has 0 unspecified atom stereocenters. The molecule has 27 heavy (non-hydrogen) atoms. The van der Waals surface area contributed by atoms with Crippen LogP contribution in [0, 0.1) is 5.92 Å². The van der Waals surface area contributed by atoms with E-state index < -0.39 is 0 Å². The number of piperidine rings is 1. The van der Waals surface area contributed by atoms with E-state index in [1.165, 1.54) is 0 Å². The lowest BCUT2D eigenvalue weighted by Crippen LogP contribution is -2.41. The number of rotatable bonds is 7. The number of ether oxygens (including phenoxy) is 1. The molecule has 0 bridgehead atoms. The normalized spacial score (nSPS) is 17.5. The Kier molecular flexibility index (Phi) is 6.85. The van der Waals surface area contributed by atoms with E-state index >= 15 is 0 Å². The molecule has 2 aromatic rings. The maximum atomic E-state index is 12.6. The fraction of sp³-hybridized carbons (Fsp3) is 0.409. The minimum Gasteiger partial charge on any atom is -0.497 e. The van der Waals surface area contributed by atoms with Crippen molar-refractivity contribution >= 4 is 11.6 Å². The lowest BCUT2D eigenvalue weighted by molar-refractivity contribution is -0.121. The van der Waals surface area contributed by atoms with Crippen LogP contribution < -0.4 is 10.1 Å². The van der Waals surface area contributed by atoms with E-state index in [2.05, 4.69) is 10.2 Å². The second kappa shape index (κ2) is 9.53. The third kappa shape index (κ3) is 5.31. The number of carbonyl (C=O) groups is 1.